The number of carbonyl (C=O) groups excluding carboxylic acids is 2. The molecule has 2 atom stereocenters. The van der Waals surface area contributed by atoms with Gasteiger partial charge in [-0.2, -0.15) is 0 Å². The molecule has 1 saturated heterocycles. The normalized spacial score (nSPS) is 19.3. The van der Waals surface area contributed by atoms with Crippen LogP contribution >= 0.6 is 0 Å². The summed E-state index contributed by atoms with van der Waals surface area (Å²) in [6, 6.07) is 5.17. The van der Waals surface area contributed by atoms with E-state index in [1.54, 1.807) is 25.3 Å². The van der Waals surface area contributed by atoms with Crippen molar-refractivity contribution in [1.29, 1.82) is 0 Å². The van der Waals surface area contributed by atoms with E-state index < -0.39 is 11.3 Å². The Balaban J connectivity index is 1.61. The van der Waals surface area contributed by atoms with Gasteiger partial charge in [-0.15, -0.1) is 0 Å². The molecule has 1 N–H and O–H groups in total. The quantitative estimate of drug-likeness (QED) is 0.413. The van der Waals surface area contributed by atoms with Crippen LogP contribution in [0.2, 0.25) is 0 Å². The molecule has 1 aromatic heterocycles. The van der Waals surface area contributed by atoms with E-state index in [0.717, 1.165) is 55.5 Å². The van der Waals surface area contributed by atoms with Gasteiger partial charge in [-0.25, -0.2) is 0 Å². The number of hydrogen-bond donors (Lipinski definition) is 1. The van der Waals surface area contributed by atoms with Gasteiger partial charge >= 0.3 is 0 Å². The first-order valence-corrected chi connectivity index (χ1v) is 13.4. The molecule has 1 aliphatic heterocycles. The summed E-state index contributed by atoms with van der Waals surface area (Å²) in [6.45, 7) is 4.51. The Morgan fingerprint density at radius 1 is 1.26 bits per heavy atom. The van der Waals surface area contributed by atoms with Crippen molar-refractivity contribution in [3.8, 4) is 0 Å². The van der Waals surface area contributed by atoms with Gasteiger partial charge in [-0.1, -0.05) is 0 Å². The predicted molar refractivity (Wildman–Crippen MR) is 132 cm³/mol. The summed E-state index contributed by atoms with van der Waals surface area (Å²) in [5, 5.41) is 3.55. The zero-order valence-electron chi connectivity index (χ0n) is 20.4. The van der Waals surface area contributed by atoms with Gasteiger partial charge in [0.25, 0.3) is 5.91 Å². The molecule has 1 aliphatic carbocycles. The van der Waals surface area contributed by atoms with E-state index in [-0.39, 0.29) is 18.4 Å². The van der Waals surface area contributed by atoms with Crippen LogP contribution in [0.15, 0.2) is 18.2 Å². The third-order valence-electron chi connectivity index (χ3n) is 7.31. The second-order valence-electron chi connectivity index (χ2n) is 9.28. The minimum atomic E-state index is -2.43. The Morgan fingerprint density at radius 2 is 2.03 bits per heavy atom. The average Bonchev–Trinajstić information content (AvgIpc) is 3.20. The second-order valence-corrected chi connectivity index (χ2v) is 10.1. The van der Waals surface area contributed by atoms with Gasteiger partial charge < -0.3 is 24.2 Å². The number of carbonyl (C=O) groups is 2. The van der Waals surface area contributed by atoms with Crippen LogP contribution in [-0.2, 0) is 38.4 Å². The first-order chi connectivity index (χ1) is 16.9. The lowest BCUT2D eigenvalue weighted by molar-refractivity contribution is -0.121. The lowest BCUT2D eigenvalue weighted by Crippen LogP contribution is -2.41. The fourth-order valence-corrected chi connectivity index (χ4v) is 6.17. The molecular weight excluding hydrogens is 470 g/mol. The van der Waals surface area contributed by atoms with Crippen LogP contribution in [0, 0.1) is 11.8 Å². The highest BCUT2D eigenvalue weighted by Crippen LogP contribution is 2.40. The number of nitrogens with zero attached hydrogens (tertiary/aromatic N) is 2. The molecule has 2 aromatic rings. The Bertz CT molecular complexity index is 1090. The molecule has 4 rings (SSSR count). The Morgan fingerprint density at radius 3 is 2.71 bits per heavy atom. The maximum absolute atomic E-state index is 13.3. The van der Waals surface area contributed by atoms with Crippen LogP contribution < -0.4 is 5.32 Å². The summed E-state index contributed by atoms with van der Waals surface area (Å²) in [4.78, 5) is 27.0. The fourth-order valence-electron chi connectivity index (χ4n) is 5.47. The molecule has 2 amide bonds. The van der Waals surface area contributed by atoms with Crippen molar-refractivity contribution < 1.29 is 27.8 Å². The van der Waals surface area contributed by atoms with Crippen molar-refractivity contribution in [2.75, 3.05) is 46.6 Å². The number of aromatic nitrogens is 1. The van der Waals surface area contributed by atoms with Crippen LogP contribution in [0.25, 0.3) is 10.9 Å². The van der Waals surface area contributed by atoms with Gasteiger partial charge in [-0.3, -0.25) is 17.8 Å². The summed E-state index contributed by atoms with van der Waals surface area (Å²) in [5.74, 6) is 0.554. The zero-order chi connectivity index (χ0) is 24.9. The van der Waals surface area contributed by atoms with Crippen LogP contribution in [-0.4, -0.2) is 76.0 Å². The minimum absolute atomic E-state index is 0.0490. The molecule has 2 aliphatic rings. The molecule has 35 heavy (non-hydrogen) atoms. The molecule has 10 heteroatoms. The number of hydrogen-bond acceptors (Lipinski definition) is 6. The third-order valence-corrected chi connectivity index (χ3v) is 8.03. The standard InChI is InChI=1S/C25H35N3O6S/c1-3-27(16-24(29)26-10-13-33-2)25(30)19-5-7-23-21(15-19)20-14-18(17-8-11-34-12-9-17)4-6-22(20)28(23)35(31)32/h5,7,15,17-18H,3-4,6,8-14,16H2,1-2H3,(H,26,29)(H,31,32)/p-1. The number of methoxy groups -OCH3 is 1. The highest BCUT2D eigenvalue weighted by atomic mass is 32.2. The van der Waals surface area contributed by atoms with Crippen LogP contribution in [0.3, 0.4) is 0 Å². The van der Waals surface area contributed by atoms with Gasteiger partial charge in [0.1, 0.15) is 0 Å². The number of ether oxygens (including phenoxy) is 2. The number of likely N-dealkylation sites (N-methyl/N-ethyl adjacent to an activating group) is 1. The van der Waals surface area contributed by atoms with Crippen LogP contribution in [0.1, 0.15) is 47.8 Å². The molecule has 0 bridgehead atoms. The highest BCUT2D eigenvalue weighted by Gasteiger charge is 2.32. The van der Waals surface area contributed by atoms with Crippen molar-refractivity contribution in [3.05, 3.63) is 35.0 Å². The van der Waals surface area contributed by atoms with E-state index >= 15 is 0 Å². The third kappa shape index (κ3) is 5.61. The van der Waals surface area contributed by atoms with Crippen molar-refractivity contribution in [2.24, 2.45) is 11.8 Å². The molecule has 0 spiro atoms. The summed E-state index contributed by atoms with van der Waals surface area (Å²) in [5.41, 5.74) is 2.91. The molecule has 9 nitrogen and oxygen atoms in total. The second kappa shape index (κ2) is 11.6. The first kappa shape index (κ1) is 25.8. The largest absolute Gasteiger partial charge is 0.755 e. The number of rotatable bonds is 9. The molecular formula is C25H34N3O6S-. The van der Waals surface area contributed by atoms with E-state index in [1.807, 2.05) is 6.92 Å². The van der Waals surface area contributed by atoms with Crippen molar-refractivity contribution in [3.63, 3.8) is 0 Å². The summed E-state index contributed by atoms with van der Waals surface area (Å²) < 4.78 is 36.2. The topological polar surface area (TPSA) is 113 Å². The molecule has 1 fully saturated rings. The Labute approximate surface area is 208 Å². The van der Waals surface area contributed by atoms with Gasteiger partial charge in [0.15, 0.2) is 0 Å². The summed E-state index contributed by atoms with van der Waals surface area (Å²) in [6.07, 6.45) is 4.53. The smallest absolute Gasteiger partial charge is 0.254 e. The maximum atomic E-state index is 13.3. The van der Waals surface area contributed by atoms with E-state index in [2.05, 4.69) is 5.32 Å². The average molecular weight is 505 g/mol. The molecule has 0 saturated carbocycles. The Hall–Kier alpha value is -2.27. The predicted octanol–water partition coefficient (Wildman–Crippen LogP) is 2.04. The molecule has 1 aromatic carbocycles. The Kier molecular flexibility index (Phi) is 8.59. The zero-order valence-corrected chi connectivity index (χ0v) is 21.2. The van der Waals surface area contributed by atoms with Gasteiger partial charge in [0.2, 0.25) is 5.91 Å². The highest BCUT2D eigenvalue weighted by molar-refractivity contribution is 7.77. The molecule has 192 valence electrons. The SMILES string of the molecule is CCN(CC(=O)NCCOC)C(=O)c1ccc2c(c1)c1c(n2S(=O)[O-])CCC(C2CCOCC2)C1. The maximum Gasteiger partial charge on any atom is 0.254 e. The van der Waals surface area contributed by atoms with Crippen molar-refractivity contribution in [2.45, 2.75) is 39.0 Å². The molecule has 2 unspecified atom stereocenters. The van der Waals surface area contributed by atoms with E-state index in [0.29, 0.717) is 49.0 Å². The van der Waals surface area contributed by atoms with Crippen molar-refractivity contribution >= 4 is 34.0 Å². The van der Waals surface area contributed by atoms with Crippen molar-refractivity contribution in [1.82, 2.24) is 14.2 Å². The lowest BCUT2D eigenvalue weighted by atomic mass is 9.75. The van der Waals surface area contributed by atoms with Gasteiger partial charge in [0.05, 0.1) is 29.9 Å². The van der Waals surface area contributed by atoms with Crippen LogP contribution in [0.5, 0.6) is 0 Å². The molecule has 2 heterocycles. The molecule has 0 radical (unpaired) electrons. The number of benzene rings is 1. The van der Waals surface area contributed by atoms with E-state index in [4.69, 9.17) is 9.47 Å². The van der Waals surface area contributed by atoms with Gasteiger partial charge in [-0.05, 0) is 74.6 Å². The monoisotopic (exact) mass is 504 g/mol. The van der Waals surface area contributed by atoms with E-state index in [1.165, 1.54) is 8.87 Å². The van der Waals surface area contributed by atoms with E-state index in [9.17, 15) is 18.4 Å². The lowest BCUT2D eigenvalue weighted by Gasteiger charge is -2.33. The fraction of sp³-hybridized carbons (Fsp3) is 0.600. The first-order valence-electron chi connectivity index (χ1n) is 12.3. The number of amides is 2. The van der Waals surface area contributed by atoms with Crippen LogP contribution in [0.4, 0.5) is 0 Å². The number of nitrogens with one attached hydrogen (secondary N) is 1. The van der Waals surface area contributed by atoms with Gasteiger partial charge in [0, 0.05) is 50.1 Å². The number of fused-ring (bicyclic) bond motifs is 3. The summed E-state index contributed by atoms with van der Waals surface area (Å²) >= 11 is -2.43. The summed E-state index contributed by atoms with van der Waals surface area (Å²) in [7, 11) is 1.56. The minimum Gasteiger partial charge on any atom is -0.755 e.